The number of phosphoric acid groups is 3. The first kappa shape index (κ1) is 44.2. The van der Waals surface area contributed by atoms with E-state index >= 15 is 0 Å². The number of nitrogens with zero attached hydrogens (tertiary/aromatic N) is 1. The third-order valence-electron chi connectivity index (χ3n) is 8.52. The quantitative estimate of drug-likeness (QED) is 0.0920. The Morgan fingerprint density at radius 2 is 1.60 bits per heavy atom. The van der Waals surface area contributed by atoms with E-state index < -0.39 is 84.0 Å². The summed E-state index contributed by atoms with van der Waals surface area (Å²) in [4.78, 5) is 70.6. The molecule has 2 heterocycles. The molecule has 5 rings (SSSR count). The SMILES string of the molecule is O=C(Nc1cccc(C(F)(F)F)c1)OC1CC(n2cc(C#CCc3ccccc3)c(=O)[nH]c2=O)OC1COP(=O)(O)OP(=O)(O)OP(=O)(O)OCC1CCCCC1. The van der Waals surface area contributed by atoms with Crippen LogP contribution in [0.4, 0.5) is 23.7 Å². The summed E-state index contributed by atoms with van der Waals surface area (Å²) in [6, 6.07) is 12.5. The van der Waals surface area contributed by atoms with Crippen LogP contribution in [0.3, 0.4) is 0 Å². The van der Waals surface area contributed by atoms with Gasteiger partial charge in [0.2, 0.25) is 0 Å². The average molecular weight is 866 g/mol. The molecule has 1 saturated carbocycles. The molecule has 6 atom stereocenters. The molecule has 2 aromatic carbocycles. The van der Waals surface area contributed by atoms with Crippen molar-refractivity contribution in [1.82, 2.24) is 9.55 Å². The molecule has 0 bridgehead atoms. The Labute approximate surface area is 322 Å². The average Bonchev–Trinajstić information content (AvgIpc) is 3.52. The van der Waals surface area contributed by atoms with Gasteiger partial charge in [-0.15, -0.1) is 0 Å². The van der Waals surface area contributed by atoms with Crippen LogP contribution in [0.25, 0.3) is 0 Å². The molecular weight excluding hydrogens is 828 g/mol. The number of hydrogen-bond donors (Lipinski definition) is 5. The topological polar surface area (TPSA) is 251 Å². The van der Waals surface area contributed by atoms with Crippen molar-refractivity contribution in [2.45, 2.75) is 69.6 Å². The lowest BCUT2D eigenvalue weighted by Crippen LogP contribution is -2.33. The van der Waals surface area contributed by atoms with Gasteiger partial charge in [0.15, 0.2) is 0 Å². The molecule has 1 aliphatic carbocycles. The molecular formula is C33H37F3N3O15P3. The fourth-order valence-corrected chi connectivity index (χ4v) is 9.46. The van der Waals surface area contributed by atoms with Gasteiger partial charge in [-0.1, -0.05) is 67.5 Å². The molecule has 2 fully saturated rings. The third-order valence-corrected chi connectivity index (χ3v) is 12.8. The summed E-state index contributed by atoms with van der Waals surface area (Å²) < 4.78 is 107. The maximum Gasteiger partial charge on any atom is 0.490 e. The summed E-state index contributed by atoms with van der Waals surface area (Å²) >= 11 is 0. The van der Waals surface area contributed by atoms with Gasteiger partial charge in [0.25, 0.3) is 5.56 Å². The van der Waals surface area contributed by atoms with Gasteiger partial charge in [-0.2, -0.15) is 21.8 Å². The van der Waals surface area contributed by atoms with Crippen molar-refractivity contribution in [2.75, 3.05) is 18.5 Å². The number of aromatic amines is 1. The molecule has 57 heavy (non-hydrogen) atoms. The van der Waals surface area contributed by atoms with Gasteiger partial charge < -0.3 is 24.2 Å². The molecule has 0 spiro atoms. The number of hydrogen-bond acceptors (Lipinski definition) is 12. The van der Waals surface area contributed by atoms with E-state index in [1.165, 1.54) is 0 Å². The number of anilines is 1. The van der Waals surface area contributed by atoms with Gasteiger partial charge in [-0.05, 0) is 42.5 Å². The zero-order chi connectivity index (χ0) is 41.4. The number of benzene rings is 2. The van der Waals surface area contributed by atoms with Crippen molar-refractivity contribution in [3.05, 3.63) is 98.3 Å². The van der Waals surface area contributed by atoms with Crippen molar-refractivity contribution >= 4 is 35.2 Å². The Morgan fingerprint density at radius 3 is 2.26 bits per heavy atom. The number of alkyl halides is 3. The molecule has 5 N–H and O–H groups in total. The van der Waals surface area contributed by atoms with Crippen molar-refractivity contribution in [3.8, 4) is 11.8 Å². The van der Waals surface area contributed by atoms with Crippen LogP contribution in [-0.2, 0) is 53.4 Å². The predicted octanol–water partition coefficient (Wildman–Crippen LogP) is 6.00. The standard InChI is InChI=1S/C33H37F3N3O15P3/c34-33(35,36)25-15-8-16-26(17-25)37-32(42)52-27-18-29(39-19-24(30(40)38-31(39)41)14-7-13-22-9-3-1-4-10-22)51-28(27)21-50-56(45,46)54-57(47,48)53-55(43,44)49-20-23-11-5-2-6-12-23/h1,3-4,8-10,15-17,19,23,27-29H,2,5-6,11-13,18,20-21H2,(H,37,42)(H,43,44)(H,45,46)(H,47,48)(H,38,40,41). The zero-order valence-electron chi connectivity index (χ0n) is 29.6. The Hall–Kier alpha value is -3.89. The normalized spacial score (nSPS) is 22.0. The van der Waals surface area contributed by atoms with Crippen LogP contribution in [0.2, 0.25) is 0 Å². The minimum absolute atomic E-state index is 0.127. The second-order valence-corrected chi connectivity index (χ2v) is 17.5. The van der Waals surface area contributed by atoms with E-state index in [0.717, 1.165) is 53.8 Å². The second kappa shape index (κ2) is 18.8. The van der Waals surface area contributed by atoms with Gasteiger partial charge in [0.1, 0.15) is 24.0 Å². The number of carbonyl (C=O) groups is 1. The van der Waals surface area contributed by atoms with E-state index in [0.29, 0.717) is 18.9 Å². The predicted molar refractivity (Wildman–Crippen MR) is 192 cm³/mol. The van der Waals surface area contributed by atoms with E-state index in [1.54, 1.807) is 30.3 Å². The molecule has 3 aromatic rings. The molecule has 2 aliphatic rings. The van der Waals surface area contributed by atoms with Crippen LogP contribution in [-0.4, -0.2) is 55.7 Å². The lowest BCUT2D eigenvalue weighted by Gasteiger charge is -2.23. The number of aromatic nitrogens is 2. The summed E-state index contributed by atoms with van der Waals surface area (Å²) in [6.45, 7) is -1.40. The highest BCUT2D eigenvalue weighted by Gasteiger charge is 2.45. The first-order valence-corrected chi connectivity index (χ1v) is 21.6. The largest absolute Gasteiger partial charge is 0.490 e. The third kappa shape index (κ3) is 13.6. The fourth-order valence-electron chi connectivity index (χ4n) is 5.87. The van der Waals surface area contributed by atoms with Crippen LogP contribution in [0.1, 0.15) is 61.4 Å². The molecule has 24 heteroatoms. The number of ether oxygens (including phenoxy) is 2. The maximum absolute atomic E-state index is 13.2. The molecule has 6 unspecified atom stereocenters. The smallest absolute Gasteiger partial charge is 0.443 e. The van der Waals surface area contributed by atoms with Gasteiger partial charge in [0, 0.05) is 24.7 Å². The molecule has 1 amide bonds. The summed E-state index contributed by atoms with van der Waals surface area (Å²) in [5.41, 5.74) is -2.62. The highest BCUT2D eigenvalue weighted by Crippen LogP contribution is 2.68. The number of phosphoric ester groups is 2. The number of carbonyl (C=O) groups excluding carboxylic acids is 1. The highest BCUT2D eigenvalue weighted by molar-refractivity contribution is 7.66. The number of nitrogens with one attached hydrogen (secondary N) is 2. The van der Waals surface area contributed by atoms with E-state index in [2.05, 4.69) is 30.8 Å². The van der Waals surface area contributed by atoms with Gasteiger partial charge >= 0.3 is 41.4 Å². The lowest BCUT2D eigenvalue weighted by molar-refractivity contribution is -0.137. The van der Waals surface area contributed by atoms with Crippen molar-refractivity contribution in [2.24, 2.45) is 5.92 Å². The van der Waals surface area contributed by atoms with Crippen molar-refractivity contribution in [3.63, 3.8) is 0 Å². The Kier molecular flexibility index (Phi) is 14.6. The van der Waals surface area contributed by atoms with E-state index in [4.69, 9.17) is 18.5 Å². The Balaban J connectivity index is 1.30. The first-order chi connectivity index (χ1) is 26.8. The van der Waals surface area contributed by atoms with Gasteiger partial charge in [-0.3, -0.25) is 28.7 Å². The highest BCUT2D eigenvalue weighted by atomic mass is 31.3. The summed E-state index contributed by atoms with van der Waals surface area (Å²) in [6.07, 6.45) is -5.73. The maximum atomic E-state index is 13.2. The molecule has 310 valence electrons. The minimum atomic E-state index is -5.85. The van der Waals surface area contributed by atoms with Crippen LogP contribution in [0, 0.1) is 17.8 Å². The van der Waals surface area contributed by atoms with Crippen LogP contribution >= 0.6 is 23.5 Å². The van der Waals surface area contributed by atoms with Crippen molar-refractivity contribution < 1.29 is 73.5 Å². The number of rotatable bonds is 14. The summed E-state index contributed by atoms with van der Waals surface area (Å²) in [5.74, 6) is 5.33. The minimum Gasteiger partial charge on any atom is -0.443 e. The summed E-state index contributed by atoms with van der Waals surface area (Å²) in [7, 11) is -16.8. The van der Waals surface area contributed by atoms with E-state index in [1.807, 2.05) is 0 Å². The Bertz CT molecular complexity index is 2220. The molecule has 1 aromatic heterocycles. The second-order valence-electron chi connectivity index (χ2n) is 12.9. The van der Waals surface area contributed by atoms with Gasteiger partial charge in [0.05, 0.1) is 18.8 Å². The summed E-state index contributed by atoms with van der Waals surface area (Å²) in [5, 5.41) is 2.11. The zero-order valence-corrected chi connectivity index (χ0v) is 32.3. The molecule has 0 radical (unpaired) electrons. The van der Waals surface area contributed by atoms with Crippen LogP contribution < -0.4 is 16.6 Å². The lowest BCUT2D eigenvalue weighted by atomic mass is 9.90. The van der Waals surface area contributed by atoms with Crippen molar-refractivity contribution in [1.29, 1.82) is 0 Å². The molecule has 18 nitrogen and oxygen atoms in total. The van der Waals surface area contributed by atoms with Crippen LogP contribution in [0.15, 0.2) is 70.4 Å². The number of H-pyrrole nitrogens is 1. The Morgan fingerprint density at radius 1 is 0.930 bits per heavy atom. The van der Waals surface area contributed by atoms with E-state index in [9.17, 15) is 55.9 Å². The van der Waals surface area contributed by atoms with Gasteiger partial charge in [-0.25, -0.2) is 23.3 Å². The molecule has 1 saturated heterocycles. The number of amides is 1. The van der Waals surface area contributed by atoms with Crippen LogP contribution in [0.5, 0.6) is 0 Å². The van der Waals surface area contributed by atoms with E-state index in [-0.39, 0.29) is 30.2 Å². The first-order valence-electron chi connectivity index (χ1n) is 17.2. The fraction of sp³-hybridized carbons (Fsp3) is 0.424. The monoisotopic (exact) mass is 865 g/mol. The number of halogens is 3. The molecule has 1 aliphatic heterocycles.